The van der Waals surface area contributed by atoms with Crippen LogP contribution in [0.5, 0.6) is 0 Å². The lowest BCUT2D eigenvalue weighted by Crippen LogP contribution is -2.37. The van der Waals surface area contributed by atoms with E-state index in [0.717, 1.165) is 25.4 Å². The van der Waals surface area contributed by atoms with Crippen LogP contribution < -0.4 is 10.6 Å². The Morgan fingerprint density at radius 1 is 1.44 bits per heavy atom. The number of hydrogen-bond donors (Lipinski definition) is 2. The van der Waals surface area contributed by atoms with Gasteiger partial charge in [-0.25, -0.2) is 0 Å². The highest BCUT2D eigenvalue weighted by Gasteiger charge is 2.14. The smallest absolute Gasteiger partial charge is 0.233 e. The number of terminal acetylenes is 1. The van der Waals surface area contributed by atoms with Gasteiger partial charge in [0.1, 0.15) is 0 Å². The lowest BCUT2D eigenvalue weighted by atomic mass is 9.99. The number of piperidine rings is 1. The summed E-state index contributed by atoms with van der Waals surface area (Å²) in [5, 5.41) is 5.76. The standard InChI is InChI=1S/C14H25N3O/c1-3-7-15-12-14(18)16-8-4-9-17-10-5-13(2)6-11-17/h1,13,15H,4-12H2,2H3,(H,16,18). The number of nitrogens with one attached hydrogen (secondary N) is 2. The SMILES string of the molecule is C#CCNCC(=O)NCCCN1CCC(C)CC1. The van der Waals surface area contributed by atoms with Gasteiger partial charge < -0.3 is 10.2 Å². The summed E-state index contributed by atoms with van der Waals surface area (Å²) in [6.45, 7) is 7.33. The molecule has 0 saturated carbocycles. The molecule has 0 bridgehead atoms. The molecule has 0 unspecified atom stereocenters. The molecule has 0 spiro atoms. The van der Waals surface area contributed by atoms with E-state index >= 15 is 0 Å². The van der Waals surface area contributed by atoms with Crippen molar-refractivity contribution in [2.75, 3.05) is 39.3 Å². The summed E-state index contributed by atoms with van der Waals surface area (Å²) in [4.78, 5) is 13.8. The highest BCUT2D eigenvalue weighted by atomic mass is 16.1. The molecule has 1 amide bonds. The van der Waals surface area contributed by atoms with Crippen molar-refractivity contribution in [2.45, 2.75) is 26.2 Å². The van der Waals surface area contributed by atoms with Gasteiger partial charge in [0, 0.05) is 6.54 Å². The Hall–Kier alpha value is -1.05. The minimum absolute atomic E-state index is 0.0255. The average molecular weight is 251 g/mol. The quantitative estimate of drug-likeness (QED) is 0.510. The minimum Gasteiger partial charge on any atom is -0.355 e. The molecule has 1 heterocycles. The lowest BCUT2D eigenvalue weighted by molar-refractivity contribution is -0.120. The number of carbonyl (C=O) groups excluding carboxylic acids is 1. The van der Waals surface area contributed by atoms with Gasteiger partial charge in [-0.15, -0.1) is 6.42 Å². The van der Waals surface area contributed by atoms with Gasteiger partial charge in [0.15, 0.2) is 0 Å². The summed E-state index contributed by atoms with van der Waals surface area (Å²) < 4.78 is 0. The summed E-state index contributed by atoms with van der Waals surface area (Å²) in [5.74, 6) is 3.34. The van der Waals surface area contributed by atoms with E-state index in [1.165, 1.54) is 25.9 Å². The molecule has 1 rings (SSSR count). The highest BCUT2D eigenvalue weighted by Crippen LogP contribution is 2.15. The first kappa shape index (κ1) is 15.0. The Kier molecular flexibility index (Phi) is 7.47. The van der Waals surface area contributed by atoms with Gasteiger partial charge in [-0.05, 0) is 44.8 Å². The van der Waals surface area contributed by atoms with Crippen molar-refractivity contribution in [2.24, 2.45) is 5.92 Å². The number of rotatable bonds is 7. The van der Waals surface area contributed by atoms with E-state index in [1.807, 2.05) is 0 Å². The second-order valence-electron chi connectivity index (χ2n) is 5.04. The van der Waals surface area contributed by atoms with Crippen molar-refractivity contribution in [3.63, 3.8) is 0 Å². The van der Waals surface area contributed by atoms with Crippen LogP contribution in [-0.4, -0.2) is 50.1 Å². The van der Waals surface area contributed by atoms with Crippen LogP contribution in [0.25, 0.3) is 0 Å². The number of likely N-dealkylation sites (tertiary alicyclic amines) is 1. The van der Waals surface area contributed by atoms with Crippen molar-refractivity contribution < 1.29 is 4.79 Å². The largest absolute Gasteiger partial charge is 0.355 e. The third-order valence-electron chi connectivity index (χ3n) is 3.36. The van der Waals surface area contributed by atoms with E-state index in [9.17, 15) is 4.79 Å². The van der Waals surface area contributed by atoms with Crippen LogP contribution >= 0.6 is 0 Å². The summed E-state index contributed by atoms with van der Waals surface area (Å²) in [6, 6.07) is 0. The van der Waals surface area contributed by atoms with E-state index in [0.29, 0.717) is 13.1 Å². The van der Waals surface area contributed by atoms with Crippen LogP contribution in [0.15, 0.2) is 0 Å². The molecule has 4 heteroatoms. The summed E-state index contributed by atoms with van der Waals surface area (Å²) in [6.07, 6.45) is 8.72. The van der Waals surface area contributed by atoms with Gasteiger partial charge in [0.05, 0.1) is 13.1 Å². The molecule has 0 aromatic carbocycles. The topological polar surface area (TPSA) is 44.4 Å². The molecular formula is C14H25N3O. The maximum absolute atomic E-state index is 11.4. The summed E-state index contributed by atoms with van der Waals surface area (Å²) in [7, 11) is 0. The highest BCUT2D eigenvalue weighted by molar-refractivity contribution is 5.77. The third-order valence-corrected chi connectivity index (χ3v) is 3.36. The molecule has 1 aliphatic rings. The van der Waals surface area contributed by atoms with Crippen LogP contribution in [0.2, 0.25) is 0 Å². The van der Waals surface area contributed by atoms with Crippen molar-refractivity contribution in [1.29, 1.82) is 0 Å². The third kappa shape index (κ3) is 6.63. The van der Waals surface area contributed by atoms with Crippen LogP contribution in [-0.2, 0) is 4.79 Å². The fraction of sp³-hybridized carbons (Fsp3) is 0.786. The van der Waals surface area contributed by atoms with E-state index in [4.69, 9.17) is 6.42 Å². The maximum Gasteiger partial charge on any atom is 0.233 e. The first-order valence-corrected chi connectivity index (χ1v) is 6.85. The molecule has 0 atom stereocenters. The zero-order chi connectivity index (χ0) is 13.2. The molecule has 0 aromatic heterocycles. The molecular weight excluding hydrogens is 226 g/mol. The van der Waals surface area contributed by atoms with Gasteiger partial charge in [0.25, 0.3) is 0 Å². The Labute approximate surface area is 110 Å². The van der Waals surface area contributed by atoms with Gasteiger partial charge in [-0.2, -0.15) is 0 Å². The average Bonchev–Trinajstić information content (AvgIpc) is 2.37. The normalized spacial score (nSPS) is 17.3. The Bertz CT molecular complexity index is 277. The predicted octanol–water partition coefficient (Wildman–Crippen LogP) is 0.447. The summed E-state index contributed by atoms with van der Waals surface area (Å²) in [5.41, 5.74) is 0. The molecule has 0 radical (unpaired) electrons. The molecule has 0 aromatic rings. The molecule has 1 saturated heterocycles. The number of amides is 1. The van der Waals surface area contributed by atoms with Gasteiger partial charge in [-0.1, -0.05) is 12.8 Å². The van der Waals surface area contributed by atoms with E-state index in [-0.39, 0.29) is 5.91 Å². The lowest BCUT2D eigenvalue weighted by Gasteiger charge is -2.30. The van der Waals surface area contributed by atoms with Gasteiger partial charge in [0.2, 0.25) is 5.91 Å². The first-order chi connectivity index (χ1) is 8.72. The molecule has 1 aliphatic heterocycles. The van der Waals surface area contributed by atoms with Crippen molar-refractivity contribution in [1.82, 2.24) is 15.5 Å². The van der Waals surface area contributed by atoms with Crippen molar-refractivity contribution in [3.8, 4) is 12.3 Å². The fourth-order valence-corrected chi connectivity index (χ4v) is 2.13. The molecule has 1 fully saturated rings. The van der Waals surface area contributed by atoms with Crippen LogP contribution in [0.4, 0.5) is 0 Å². The number of hydrogen-bond acceptors (Lipinski definition) is 3. The Morgan fingerprint density at radius 3 is 2.83 bits per heavy atom. The van der Waals surface area contributed by atoms with Gasteiger partial charge in [-0.3, -0.25) is 10.1 Å². The van der Waals surface area contributed by atoms with Crippen LogP contribution in [0.3, 0.4) is 0 Å². The fourth-order valence-electron chi connectivity index (χ4n) is 2.13. The summed E-state index contributed by atoms with van der Waals surface area (Å²) >= 11 is 0. The number of carbonyl (C=O) groups is 1. The maximum atomic E-state index is 11.4. The van der Waals surface area contributed by atoms with E-state index in [2.05, 4.69) is 28.4 Å². The Balaban J connectivity index is 1.95. The van der Waals surface area contributed by atoms with Crippen molar-refractivity contribution in [3.05, 3.63) is 0 Å². The second kappa shape index (κ2) is 8.96. The predicted molar refractivity (Wildman–Crippen MR) is 74.2 cm³/mol. The molecule has 2 N–H and O–H groups in total. The van der Waals surface area contributed by atoms with Crippen LogP contribution in [0.1, 0.15) is 26.2 Å². The zero-order valence-corrected chi connectivity index (χ0v) is 11.4. The van der Waals surface area contributed by atoms with E-state index in [1.54, 1.807) is 0 Å². The Morgan fingerprint density at radius 2 is 2.17 bits per heavy atom. The van der Waals surface area contributed by atoms with Crippen molar-refractivity contribution >= 4 is 5.91 Å². The molecule has 0 aliphatic carbocycles. The van der Waals surface area contributed by atoms with E-state index < -0.39 is 0 Å². The molecule has 4 nitrogen and oxygen atoms in total. The van der Waals surface area contributed by atoms with Crippen LogP contribution in [0, 0.1) is 18.3 Å². The van der Waals surface area contributed by atoms with Gasteiger partial charge >= 0.3 is 0 Å². The monoisotopic (exact) mass is 251 g/mol. The number of nitrogens with zero attached hydrogens (tertiary/aromatic N) is 1. The first-order valence-electron chi connectivity index (χ1n) is 6.85. The molecule has 102 valence electrons. The zero-order valence-electron chi connectivity index (χ0n) is 11.4. The molecule has 18 heavy (non-hydrogen) atoms. The second-order valence-corrected chi connectivity index (χ2v) is 5.04. The minimum atomic E-state index is 0.0255.